The van der Waals surface area contributed by atoms with Crippen LogP contribution in [0.1, 0.15) is 44.5 Å². The Balaban J connectivity index is 2.05. The molecule has 1 aromatic carbocycles. The lowest BCUT2D eigenvalue weighted by Crippen LogP contribution is -2.57. The van der Waals surface area contributed by atoms with Gasteiger partial charge < -0.3 is 15.0 Å². The minimum absolute atomic E-state index is 0.103. The van der Waals surface area contributed by atoms with E-state index in [4.69, 9.17) is 4.74 Å². The molecule has 1 N–H and O–H groups in total. The summed E-state index contributed by atoms with van der Waals surface area (Å²) in [5.41, 5.74) is 0.729. The molecule has 1 aromatic rings. The molecule has 1 amide bonds. The van der Waals surface area contributed by atoms with E-state index in [0.717, 1.165) is 30.8 Å². The van der Waals surface area contributed by atoms with Crippen LogP contribution in [-0.2, 0) is 0 Å². The second-order valence-electron chi connectivity index (χ2n) is 5.84. The largest absolute Gasteiger partial charge is 0.491 e. The molecule has 0 saturated carbocycles. The summed E-state index contributed by atoms with van der Waals surface area (Å²) in [6.07, 6.45) is 1.16. The standard InChI is InChI=1S/C17H26N2O2/c1-5-12(2)21-16-8-6-15(7-9-16)17(20)19-11-10-18-13(3)14(19)4/h6-9,12-14,18H,5,10-11H2,1-4H3. The fraction of sp³-hybridized carbons (Fsp3) is 0.588. The monoisotopic (exact) mass is 290 g/mol. The number of amides is 1. The number of nitrogens with one attached hydrogen (secondary N) is 1. The Kier molecular flexibility index (Phi) is 5.23. The molecule has 1 fully saturated rings. The van der Waals surface area contributed by atoms with Crippen molar-refractivity contribution < 1.29 is 9.53 Å². The minimum Gasteiger partial charge on any atom is -0.491 e. The highest BCUT2D eigenvalue weighted by atomic mass is 16.5. The fourth-order valence-corrected chi connectivity index (χ4v) is 2.50. The van der Waals surface area contributed by atoms with Gasteiger partial charge in [0.15, 0.2) is 0 Å². The maximum atomic E-state index is 12.6. The first-order valence-corrected chi connectivity index (χ1v) is 7.84. The van der Waals surface area contributed by atoms with Crippen molar-refractivity contribution in [1.82, 2.24) is 10.2 Å². The third-order valence-corrected chi connectivity index (χ3v) is 4.31. The zero-order valence-corrected chi connectivity index (χ0v) is 13.4. The summed E-state index contributed by atoms with van der Waals surface area (Å²) in [5.74, 6) is 0.925. The topological polar surface area (TPSA) is 41.6 Å². The summed E-state index contributed by atoms with van der Waals surface area (Å²) < 4.78 is 5.75. The van der Waals surface area contributed by atoms with Gasteiger partial charge in [0.1, 0.15) is 5.75 Å². The van der Waals surface area contributed by atoms with Crippen molar-refractivity contribution in [3.8, 4) is 5.75 Å². The maximum absolute atomic E-state index is 12.6. The molecular formula is C17H26N2O2. The van der Waals surface area contributed by atoms with Crippen LogP contribution in [0.2, 0.25) is 0 Å². The fourth-order valence-electron chi connectivity index (χ4n) is 2.50. The number of ether oxygens (including phenoxy) is 1. The molecule has 0 radical (unpaired) electrons. The number of nitrogens with zero attached hydrogens (tertiary/aromatic N) is 1. The molecule has 0 bridgehead atoms. The highest BCUT2D eigenvalue weighted by Gasteiger charge is 2.28. The molecule has 4 heteroatoms. The highest BCUT2D eigenvalue weighted by molar-refractivity contribution is 5.94. The van der Waals surface area contributed by atoms with Gasteiger partial charge in [-0.15, -0.1) is 0 Å². The smallest absolute Gasteiger partial charge is 0.254 e. The predicted octanol–water partition coefficient (Wildman–Crippen LogP) is 2.69. The van der Waals surface area contributed by atoms with Gasteiger partial charge in [0.05, 0.1) is 6.10 Å². The number of carbonyl (C=O) groups excluding carboxylic acids is 1. The van der Waals surface area contributed by atoms with E-state index in [-0.39, 0.29) is 18.1 Å². The second kappa shape index (κ2) is 6.94. The molecule has 4 nitrogen and oxygen atoms in total. The Morgan fingerprint density at radius 3 is 2.67 bits per heavy atom. The lowest BCUT2D eigenvalue weighted by atomic mass is 10.1. The van der Waals surface area contributed by atoms with E-state index in [2.05, 4.69) is 26.1 Å². The summed E-state index contributed by atoms with van der Waals surface area (Å²) in [5, 5.41) is 3.39. The Morgan fingerprint density at radius 2 is 2.05 bits per heavy atom. The zero-order valence-electron chi connectivity index (χ0n) is 13.4. The second-order valence-corrected chi connectivity index (χ2v) is 5.84. The lowest BCUT2D eigenvalue weighted by Gasteiger charge is -2.38. The van der Waals surface area contributed by atoms with Crippen molar-refractivity contribution in [2.24, 2.45) is 0 Å². The van der Waals surface area contributed by atoms with E-state index in [1.807, 2.05) is 36.1 Å². The van der Waals surface area contributed by atoms with Gasteiger partial charge in [0.25, 0.3) is 5.91 Å². The average Bonchev–Trinajstić information content (AvgIpc) is 2.50. The van der Waals surface area contributed by atoms with Crippen LogP contribution in [0.15, 0.2) is 24.3 Å². The van der Waals surface area contributed by atoms with Crippen molar-refractivity contribution in [1.29, 1.82) is 0 Å². The van der Waals surface area contributed by atoms with E-state index in [1.54, 1.807) is 0 Å². The Bertz CT molecular complexity index is 472. The first kappa shape index (κ1) is 15.8. The third kappa shape index (κ3) is 3.76. The van der Waals surface area contributed by atoms with Crippen LogP contribution in [0.3, 0.4) is 0 Å². The van der Waals surface area contributed by atoms with Crippen LogP contribution >= 0.6 is 0 Å². The van der Waals surface area contributed by atoms with Crippen LogP contribution in [-0.4, -0.2) is 42.1 Å². The van der Waals surface area contributed by atoms with Gasteiger partial charge in [-0.1, -0.05) is 6.92 Å². The Morgan fingerprint density at radius 1 is 1.38 bits per heavy atom. The number of carbonyl (C=O) groups is 1. The molecule has 1 saturated heterocycles. The van der Waals surface area contributed by atoms with Gasteiger partial charge in [-0.05, 0) is 51.5 Å². The molecule has 0 spiro atoms. The van der Waals surface area contributed by atoms with Gasteiger partial charge in [-0.3, -0.25) is 4.79 Å². The van der Waals surface area contributed by atoms with Gasteiger partial charge >= 0.3 is 0 Å². The minimum atomic E-state index is 0.103. The van der Waals surface area contributed by atoms with Crippen LogP contribution in [0.25, 0.3) is 0 Å². The molecule has 0 aromatic heterocycles. The molecular weight excluding hydrogens is 264 g/mol. The summed E-state index contributed by atoms with van der Waals surface area (Å²) in [6.45, 7) is 9.96. The number of piperazine rings is 1. The first-order valence-electron chi connectivity index (χ1n) is 7.84. The maximum Gasteiger partial charge on any atom is 0.254 e. The molecule has 1 aliphatic heterocycles. The molecule has 21 heavy (non-hydrogen) atoms. The number of benzene rings is 1. The van der Waals surface area contributed by atoms with E-state index >= 15 is 0 Å². The average molecular weight is 290 g/mol. The molecule has 116 valence electrons. The Labute approximate surface area is 127 Å². The quantitative estimate of drug-likeness (QED) is 0.927. The number of rotatable bonds is 4. The summed E-state index contributed by atoms with van der Waals surface area (Å²) in [7, 11) is 0. The van der Waals surface area contributed by atoms with Crippen molar-refractivity contribution in [3.63, 3.8) is 0 Å². The van der Waals surface area contributed by atoms with Gasteiger partial charge in [-0.25, -0.2) is 0 Å². The highest BCUT2D eigenvalue weighted by Crippen LogP contribution is 2.18. The van der Waals surface area contributed by atoms with Crippen LogP contribution in [0, 0.1) is 0 Å². The molecule has 2 rings (SSSR count). The SMILES string of the molecule is CCC(C)Oc1ccc(C(=O)N2CCNC(C)C2C)cc1. The number of hydrogen-bond donors (Lipinski definition) is 1. The molecule has 1 heterocycles. The van der Waals surface area contributed by atoms with Gasteiger partial charge in [0.2, 0.25) is 0 Å². The van der Waals surface area contributed by atoms with Crippen LogP contribution < -0.4 is 10.1 Å². The third-order valence-electron chi connectivity index (χ3n) is 4.31. The van der Waals surface area contributed by atoms with Crippen molar-refractivity contribution in [3.05, 3.63) is 29.8 Å². The van der Waals surface area contributed by atoms with Crippen molar-refractivity contribution in [2.75, 3.05) is 13.1 Å². The summed E-state index contributed by atoms with van der Waals surface area (Å²) in [6, 6.07) is 8.03. The van der Waals surface area contributed by atoms with Crippen LogP contribution in [0.4, 0.5) is 0 Å². The normalized spacial score (nSPS) is 23.7. The molecule has 1 aliphatic rings. The van der Waals surface area contributed by atoms with Gasteiger partial charge in [-0.2, -0.15) is 0 Å². The first-order chi connectivity index (χ1) is 10.0. The van der Waals surface area contributed by atoms with Crippen molar-refractivity contribution >= 4 is 5.91 Å². The van der Waals surface area contributed by atoms with Crippen molar-refractivity contribution in [2.45, 2.75) is 52.3 Å². The van der Waals surface area contributed by atoms with E-state index < -0.39 is 0 Å². The van der Waals surface area contributed by atoms with E-state index in [1.165, 1.54) is 0 Å². The summed E-state index contributed by atoms with van der Waals surface area (Å²) in [4.78, 5) is 14.6. The molecule has 3 atom stereocenters. The Hall–Kier alpha value is -1.55. The van der Waals surface area contributed by atoms with E-state index in [9.17, 15) is 4.79 Å². The number of hydrogen-bond acceptors (Lipinski definition) is 3. The predicted molar refractivity (Wildman–Crippen MR) is 84.8 cm³/mol. The molecule has 3 unspecified atom stereocenters. The summed E-state index contributed by atoms with van der Waals surface area (Å²) >= 11 is 0. The van der Waals surface area contributed by atoms with Crippen LogP contribution in [0.5, 0.6) is 5.75 Å². The van der Waals surface area contributed by atoms with E-state index in [0.29, 0.717) is 6.04 Å². The lowest BCUT2D eigenvalue weighted by molar-refractivity contribution is 0.0603. The molecule has 0 aliphatic carbocycles. The zero-order chi connectivity index (χ0) is 15.4. The van der Waals surface area contributed by atoms with Gasteiger partial charge in [0, 0.05) is 30.7 Å².